The summed E-state index contributed by atoms with van der Waals surface area (Å²) < 4.78 is 7.74. The standard InChI is InChI=1S/C36H20N8S3/c1-3-12-26-19(7-1)17-29(45-26)30-23(35-37-15-16-38-35)18-22(20-8-5-11-25-33(20)41-43-40-25)32(36-39-24-10-2-4-13-27(24)46-36)31(30)21-9-6-14-28-34(21)42-44-47-28/h1-18H,(H,37,38)(H,40,41,43). The predicted octanol–water partition coefficient (Wildman–Crippen LogP) is 9.85. The summed E-state index contributed by atoms with van der Waals surface area (Å²) in [5.74, 6) is 0.770. The maximum Gasteiger partial charge on any atom is 0.137 e. The minimum absolute atomic E-state index is 0.770. The van der Waals surface area contributed by atoms with Gasteiger partial charge >= 0.3 is 0 Å². The molecule has 0 amide bonds. The summed E-state index contributed by atoms with van der Waals surface area (Å²) in [5, 5.41) is 18.6. The molecule has 10 aromatic rings. The smallest absolute Gasteiger partial charge is 0.137 e. The van der Waals surface area contributed by atoms with Gasteiger partial charge in [-0.1, -0.05) is 64.3 Å². The van der Waals surface area contributed by atoms with Crippen LogP contribution in [0.4, 0.5) is 0 Å². The van der Waals surface area contributed by atoms with Crippen molar-refractivity contribution in [3.05, 3.63) is 109 Å². The molecular formula is C36H20N8S3. The van der Waals surface area contributed by atoms with Crippen LogP contribution in [0.2, 0.25) is 0 Å². The van der Waals surface area contributed by atoms with Crippen molar-refractivity contribution in [3.63, 3.8) is 0 Å². The fraction of sp³-hybridized carbons (Fsp3) is 0. The van der Waals surface area contributed by atoms with Gasteiger partial charge in [0.15, 0.2) is 0 Å². The number of nitrogens with one attached hydrogen (secondary N) is 2. The minimum atomic E-state index is 0.770. The summed E-state index contributed by atoms with van der Waals surface area (Å²) in [7, 11) is 0. The number of hydrogen-bond donors (Lipinski definition) is 2. The summed E-state index contributed by atoms with van der Waals surface area (Å²) in [6.45, 7) is 0. The van der Waals surface area contributed by atoms with E-state index < -0.39 is 0 Å². The summed E-state index contributed by atoms with van der Waals surface area (Å²) in [6, 6.07) is 33.8. The van der Waals surface area contributed by atoms with E-state index in [2.05, 4.69) is 104 Å². The molecule has 5 aromatic heterocycles. The molecule has 0 saturated carbocycles. The number of hydrogen-bond acceptors (Lipinski definition) is 9. The normalized spacial score (nSPS) is 11.8. The molecule has 0 aliphatic rings. The number of nitrogens with zero attached hydrogens (tertiary/aromatic N) is 6. The van der Waals surface area contributed by atoms with Crippen molar-refractivity contribution >= 4 is 75.8 Å². The van der Waals surface area contributed by atoms with Gasteiger partial charge in [-0.15, -0.1) is 32.9 Å². The molecular weight excluding hydrogens is 641 g/mol. The fourth-order valence-corrected chi connectivity index (χ4v) is 9.17. The van der Waals surface area contributed by atoms with Crippen LogP contribution in [0.5, 0.6) is 0 Å². The highest BCUT2D eigenvalue weighted by Gasteiger charge is 2.29. The molecule has 5 aromatic carbocycles. The molecule has 0 spiro atoms. The Kier molecular flexibility index (Phi) is 5.92. The second-order valence-electron chi connectivity index (χ2n) is 11.1. The molecule has 47 heavy (non-hydrogen) atoms. The second-order valence-corrected chi connectivity index (χ2v) is 14.0. The summed E-state index contributed by atoms with van der Waals surface area (Å²) in [6.07, 6.45) is 3.67. The topological polar surface area (TPSA) is 109 Å². The Morgan fingerprint density at radius 1 is 0.617 bits per heavy atom. The van der Waals surface area contributed by atoms with Gasteiger partial charge in [-0.25, -0.2) is 9.97 Å². The van der Waals surface area contributed by atoms with Crippen molar-refractivity contribution in [2.45, 2.75) is 0 Å². The van der Waals surface area contributed by atoms with Gasteiger partial charge in [-0.05, 0) is 64.9 Å². The molecule has 0 bridgehead atoms. The molecule has 0 atom stereocenters. The predicted molar refractivity (Wildman–Crippen MR) is 193 cm³/mol. The molecule has 222 valence electrons. The first kappa shape index (κ1) is 26.6. The van der Waals surface area contributed by atoms with Gasteiger partial charge in [0.2, 0.25) is 0 Å². The Balaban J connectivity index is 1.46. The van der Waals surface area contributed by atoms with Gasteiger partial charge in [0.1, 0.15) is 21.9 Å². The molecule has 5 heterocycles. The number of thiophene rings is 1. The van der Waals surface area contributed by atoms with Crippen molar-refractivity contribution < 1.29 is 0 Å². The number of imidazole rings is 1. The van der Waals surface area contributed by atoms with Crippen molar-refractivity contribution in [1.29, 1.82) is 0 Å². The molecule has 0 fully saturated rings. The van der Waals surface area contributed by atoms with E-state index in [0.29, 0.717) is 0 Å². The summed E-state index contributed by atoms with van der Waals surface area (Å²) in [4.78, 5) is 14.6. The molecule has 10 rings (SSSR count). The van der Waals surface area contributed by atoms with E-state index >= 15 is 0 Å². The largest absolute Gasteiger partial charge is 0.345 e. The van der Waals surface area contributed by atoms with E-state index in [0.717, 1.165) is 86.1 Å². The lowest BCUT2D eigenvalue weighted by Gasteiger charge is -2.21. The van der Waals surface area contributed by atoms with Crippen molar-refractivity contribution in [2.75, 3.05) is 0 Å². The van der Waals surface area contributed by atoms with Crippen molar-refractivity contribution in [1.82, 2.24) is 39.9 Å². The lowest BCUT2D eigenvalue weighted by molar-refractivity contribution is 0.959. The Morgan fingerprint density at radius 3 is 2.36 bits per heavy atom. The molecule has 0 radical (unpaired) electrons. The van der Waals surface area contributed by atoms with Crippen LogP contribution in [0.25, 0.3) is 96.2 Å². The van der Waals surface area contributed by atoms with Crippen LogP contribution in [-0.2, 0) is 0 Å². The molecule has 0 unspecified atom stereocenters. The van der Waals surface area contributed by atoms with Gasteiger partial charge < -0.3 is 4.98 Å². The van der Waals surface area contributed by atoms with Gasteiger partial charge in [0.05, 0.1) is 20.4 Å². The first-order chi connectivity index (χ1) is 23.3. The zero-order valence-corrected chi connectivity index (χ0v) is 26.7. The molecule has 0 aliphatic carbocycles. The maximum absolute atomic E-state index is 5.28. The number of H-pyrrole nitrogens is 2. The van der Waals surface area contributed by atoms with E-state index in [4.69, 9.17) is 15.1 Å². The Hall–Kier alpha value is -5.62. The van der Waals surface area contributed by atoms with E-state index in [1.807, 2.05) is 24.4 Å². The highest BCUT2D eigenvalue weighted by atomic mass is 32.1. The van der Waals surface area contributed by atoms with E-state index in [1.165, 1.54) is 21.6 Å². The minimum Gasteiger partial charge on any atom is -0.345 e. The highest BCUT2D eigenvalue weighted by Crippen LogP contribution is 2.54. The summed E-state index contributed by atoms with van der Waals surface area (Å²) >= 11 is 4.86. The van der Waals surface area contributed by atoms with E-state index in [-0.39, 0.29) is 0 Å². The zero-order valence-electron chi connectivity index (χ0n) is 24.3. The molecule has 0 saturated heterocycles. The lowest BCUT2D eigenvalue weighted by atomic mass is 9.83. The van der Waals surface area contributed by atoms with Gasteiger partial charge in [-0.3, -0.25) is 5.10 Å². The summed E-state index contributed by atoms with van der Waals surface area (Å²) in [5.41, 5.74) is 10.4. The number of aromatic nitrogens is 8. The first-order valence-corrected chi connectivity index (χ1v) is 17.3. The van der Waals surface area contributed by atoms with Crippen LogP contribution in [0.15, 0.2) is 109 Å². The number of thiazole rings is 1. The van der Waals surface area contributed by atoms with E-state index in [9.17, 15) is 0 Å². The monoisotopic (exact) mass is 660 g/mol. The lowest BCUT2D eigenvalue weighted by Crippen LogP contribution is -1.99. The fourth-order valence-electron chi connectivity index (χ4n) is 6.42. The number of fused-ring (bicyclic) bond motifs is 4. The first-order valence-electron chi connectivity index (χ1n) is 14.9. The second kappa shape index (κ2) is 10.5. The van der Waals surface area contributed by atoms with Crippen LogP contribution < -0.4 is 0 Å². The average molecular weight is 661 g/mol. The van der Waals surface area contributed by atoms with Crippen molar-refractivity contribution in [2.24, 2.45) is 0 Å². The zero-order chi connectivity index (χ0) is 30.9. The van der Waals surface area contributed by atoms with Gasteiger partial charge in [-0.2, -0.15) is 0 Å². The number of rotatable bonds is 5. The quantitative estimate of drug-likeness (QED) is 0.190. The highest BCUT2D eigenvalue weighted by molar-refractivity contribution is 7.22. The van der Waals surface area contributed by atoms with Crippen molar-refractivity contribution in [3.8, 4) is 54.7 Å². The van der Waals surface area contributed by atoms with Crippen LogP contribution in [0.3, 0.4) is 0 Å². The van der Waals surface area contributed by atoms with Crippen LogP contribution in [0, 0.1) is 0 Å². The molecule has 0 aliphatic heterocycles. The third-order valence-electron chi connectivity index (χ3n) is 8.46. The third-order valence-corrected chi connectivity index (χ3v) is 11.3. The Labute approximate surface area is 278 Å². The van der Waals surface area contributed by atoms with E-state index in [1.54, 1.807) is 28.9 Å². The molecule has 11 heteroatoms. The van der Waals surface area contributed by atoms with Crippen LogP contribution >= 0.6 is 34.2 Å². The Morgan fingerprint density at radius 2 is 1.47 bits per heavy atom. The SMILES string of the molecule is c1ccc2sc(-c3c(-c4ncc[nH]4)cc(-c4cccc5[nH]nnc45)c(-c4nc5ccccc5s4)c3-c3cccc4snnc34)cc2c1. The molecule has 8 nitrogen and oxygen atoms in total. The van der Waals surface area contributed by atoms with Crippen LogP contribution in [0.1, 0.15) is 0 Å². The van der Waals surface area contributed by atoms with Gasteiger partial charge in [0, 0.05) is 55.4 Å². The van der Waals surface area contributed by atoms with Gasteiger partial charge in [0.25, 0.3) is 0 Å². The Bertz CT molecular complexity index is 2700. The maximum atomic E-state index is 5.28. The average Bonchev–Trinajstić information content (AvgIpc) is 3.95. The molecule has 2 N–H and O–H groups in total. The number of benzene rings is 5. The third kappa shape index (κ3) is 4.17. The number of para-hydroxylation sites is 1. The number of aromatic amines is 2. The van der Waals surface area contributed by atoms with Crippen LogP contribution in [-0.4, -0.2) is 39.9 Å².